The zero-order chi connectivity index (χ0) is 20.5. The van der Waals surface area contributed by atoms with Crippen LogP contribution in [0.15, 0.2) is 46.9 Å². The number of halogens is 2. The largest absolute Gasteiger partial charge is 0.359 e. The van der Waals surface area contributed by atoms with Crippen LogP contribution < -0.4 is 15.5 Å². The van der Waals surface area contributed by atoms with Crippen molar-refractivity contribution in [2.24, 2.45) is 0 Å². The van der Waals surface area contributed by atoms with E-state index in [9.17, 15) is 14.7 Å². The number of carbonyl (C=O) groups excluding carboxylic acids is 2. The fourth-order valence-electron chi connectivity index (χ4n) is 2.99. The lowest BCUT2D eigenvalue weighted by Gasteiger charge is -2.42. The summed E-state index contributed by atoms with van der Waals surface area (Å²) in [5.41, 5.74) is -1.28. The lowest BCUT2D eigenvalue weighted by Crippen LogP contribution is -2.63. The van der Waals surface area contributed by atoms with Gasteiger partial charge < -0.3 is 20.6 Å². The molecular weight excluding hydrogens is 448 g/mol. The third-order valence-corrected chi connectivity index (χ3v) is 5.12. The number of anilines is 2. The minimum Gasteiger partial charge on any atom is -0.359 e. The number of nitrogens with zero attached hydrogens (tertiary/aromatic N) is 2. The Hall–Kier alpha value is -2.13. The number of urea groups is 1. The minimum absolute atomic E-state index is 0.263. The zero-order valence-corrected chi connectivity index (χ0v) is 17.7. The van der Waals surface area contributed by atoms with Crippen molar-refractivity contribution in [3.05, 3.63) is 57.5 Å². The average molecular weight is 468 g/mol. The highest BCUT2D eigenvalue weighted by atomic mass is 79.9. The van der Waals surface area contributed by atoms with E-state index in [2.05, 4.69) is 26.6 Å². The van der Waals surface area contributed by atoms with Crippen molar-refractivity contribution in [2.45, 2.75) is 5.72 Å². The summed E-state index contributed by atoms with van der Waals surface area (Å²) < 4.78 is 0.665. The van der Waals surface area contributed by atoms with Crippen molar-refractivity contribution in [1.29, 1.82) is 0 Å². The van der Waals surface area contributed by atoms with E-state index in [-0.39, 0.29) is 5.56 Å². The van der Waals surface area contributed by atoms with E-state index in [1.807, 2.05) is 19.0 Å². The molecule has 0 saturated carbocycles. The Balaban J connectivity index is 2.10. The van der Waals surface area contributed by atoms with E-state index in [1.54, 1.807) is 42.5 Å². The van der Waals surface area contributed by atoms with Gasteiger partial charge in [0.05, 0.1) is 5.69 Å². The van der Waals surface area contributed by atoms with E-state index in [0.29, 0.717) is 34.0 Å². The lowest BCUT2D eigenvalue weighted by atomic mass is 9.95. The molecule has 2 aromatic rings. The molecule has 28 heavy (non-hydrogen) atoms. The Morgan fingerprint density at radius 2 is 1.96 bits per heavy atom. The van der Waals surface area contributed by atoms with Crippen molar-refractivity contribution in [1.82, 2.24) is 10.2 Å². The first-order valence-electron chi connectivity index (χ1n) is 8.55. The number of nitrogens with one attached hydrogen (secondary N) is 2. The molecule has 1 aliphatic heterocycles. The smallest absolute Gasteiger partial charge is 0.329 e. The van der Waals surface area contributed by atoms with Crippen molar-refractivity contribution in [2.75, 3.05) is 37.4 Å². The molecule has 0 unspecified atom stereocenters. The molecule has 0 spiro atoms. The van der Waals surface area contributed by atoms with Crippen LogP contribution in [0.1, 0.15) is 5.56 Å². The number of amides is 3. The number of fused-ring (bicyclic) bond motifs is 1. The van der Waals surface area contributed by atoms with Crippen LogP contribution in [0, 0.1) is 0 Å². The van der Waals surface area contributed by atoms with Crippen LogP contribution in [0.2, 0.25) is 5.02 Å². The van der Waals surface area contributed by atoms with E-state index in [0.717, 1.165) is 4.90 Å². The van der Waals surface area contributed by atoms with E-state index < -0.39 is 17.7 Å². The minimum atomic E-state index is -2.23. The van der Waals surface area contributed by atoms with E-state index >= 15 is 0 Å². The van der Waals surface area contributed by atoms with Gasteiger partial charge in [0.1, 0.15) is 0 Å². The Morgan fingerprint density at radius 1 is 1.29 bits per heavy atom. The maximum absolute atomic E-state index is 13.1. The molecule has 0 aliphatic carbocycles. The first-order chi connectivity index (χ1) is 13.2. The molecule has 148 valence electrons. The number of hydrogen-bond acceptors (Lipinski definition) is 4. The van der Waals surface area contributed by atoms with Crippen molar-refractivity contribution < 1.29 is 14.7 Å². The third-order valence-electron chi connectivity index (χ3n) is 4.37. The number of aliphatic hydroxyl groups is 1. The lowest BCUT2D eigenvalue weighted by molar-refractivity contribution is -0.140. The van der Waals surface area contributed by atoms with Gasteiger partial charge in [0.25, 0.3) is 11.6 Å². The fraction of sp³-hybridized carbons (Fsp3) is 0.263. The van der Waals surface area contributed by atoms with Gasteiger partial charge in [0.2, 0.25) is 0 Å². The molecular formula is C19H20BrClN4O3. The molecule has 3 N–H and O–H groups in total. The number of likely N-dealkylation sites (N-methyl/N-ethyl adjacent to an activating group) is 1. The van der Waals surface area contributed by atoms with Crippen LogP contribution in [0.5, 0.6) is 0 Å². The predicted octanol–water partition coefficient (Wildman–Crippen LogP) is 2.98. The van der Waals surface area contributed by atoms with Crippen molar-refractivity contribution >= 4 is 50.8 Å². The maximum Gasteiger partial charge on any atom is 0.329 e. The molecule has 3 amide bonds. The first kappa shape index (κ1) is 20.6. The van der Waals surface area contributed by atoms with Crippen LogP contribution in [0.3, 0.4) is 0 Å². The van der Waals surface area contributed by atoms with Gasteiger partial charge in [0.15, 0.2) is 0 Å². The van der Waals surface area contributed by atoms with Crippen LogP contribution in [0.25, 0.3) is 0 Å². The molecule has 0 fully saturated rings. The summed E-state index contributed by atoms with van der Waals surface area (Å²) in [6.07, 6.45) is 0. The van der Waals surface area contributed by atoms with Crippen molar-refractivity contribution in [3.8, 4) is 0 Å². The molecule has 0 radical (unpaired) electrons. The molecule has 2 aromatic carbocycles. The second kappa shape index (κ2) is 8.08. The molecule has 1 atom stereocenters. The summed E-state index contributed by atoms with van der Waals surface area (Å²) in [7, 11) is 3.75. The highest BCUT2D eigenvalue weighted by Crippen LogP contribution is 2.41. The van der Waals surface area contributed by atoms with Crippen LogP contribution in [0.4, 0.5) is 16.2 Å². The van der Waals surface area contributed by atoms with Gasteiger partial charge in [-0.25, -0.2) is 4.79 Å². The molecule has 1 aliphatic rings. The highest BCUT2D eigenvalue weighted by Gasteiger charge is 2.52. The monoisotopic (exact) mass is 466 g/mol. The molecule has 9 heteroatoms. The number of benzene rings is 2. The summed E-state index contributed by atoms with van der Waals surface area (Å²) in [5, 5.41) is 17.5. The van der Waals surface area contributed by atoms with Crippen LogP contribution in [-0.4, -0.2) is 49.1 Å². The van der Waals surface area contributed by atoms with Gasteiger partial charge in [-0.3, -0.25) is 9.69 Å². The summed E-state index contributed by atoms with van der Waals surface area (Å²) in [4.78, 5) is 28.9. The molecule has 0 bridgehead atoms. The SMILES string of the molecule is CN(C)CCNC(=O)[C@]1(O)c2cc(Br)ccc2NC(=O)N1c1ccc(Cl)cc1. The maximum atomic E-state index is 13.1. The topological polar surface area (TPSA) is 84.9 Å². The summed E-state index contributed by atoms with van der Waals surface area (Å²) >= 11 is 9.31. The highest BCUT2D eigenvalue weighted by molar-refractivity contribution is 9.10. The Labute approximate surface area is 176 Å². The molecule has 0 saturated heterocycles. The van der Waals surface area contributed by atoms with Gasteiger partial charge in [-0.2, -0.15) is 0 Å². The van der Waals surface area contributed by atoms with Gasteiger partial charge in [-0.15, -0.1) is 0 Å². The third kappa shape index (κ3) is 3.86. The van der Waals surface area contributed by atoms with Gasteiger partial charge >= 0.3 is 6.03 Å². The summed E-state index contributed by atoms with van der Waals surface area (Å²) in [5.74, 6) is -0.696. The zero-order valence-electron chi connectivity index (χ0n) is 15.4. The molecule has 3 rings (SSSR count). The number of rotatable bonds is 5. The van der Waals surface area contributed by atoms with Crippen LogP contribution >= 0.6 is 27.5 Å². The van der Waals surface area contributed by atoms with E-state index in [4.69, 9.17) is 11.6 Å². The van der Waals surface area contributed by atoms with Gasteiger partial charge in [0, 0.05) is 33.8 Å². The second-order valence-corrected chi connectivity index (χ2v) is 8.02. The fourth-order valence-corrected chi connectivity index (χ4v) is 3.47. The van der Waals surface area contributed by atoms with Gasteiger partial charge in [-0.05, 0) is 56.6 Å². The van der Waals surface area contributed by atoms with Gasteiger partial charge in [-0.1, -0.05) is 27.5 Å². The summed E-state index contributed by atoms with van der Waals surface area (Å²) in [6, 6.07) is 10.7. The Bertz CT molecular complexity index is 907. The molecule has 7 nitrogen and oxygen atoms in total. The molecule has 1 heterocycles. The average Bonchev–Trinajstić information content (AvgIpc) is 2.63. The first-order valence-corrected chi connectivity index (χ1v) is 9.73. The second-order valence-electron chi connectivity index (χ2n) is 6.66. The Morgan fingerprint density at radius 3 is 2.61 bits per heavy atom. The van der Waals surface area contributed by atoms with E-state index in [1.165, 1.54) is 0 Å². The summed E-state index contributed by atoms with van der Waals surface area (Å²) in [6.45, 7) is 0.897. The number of carbonyl (C=O) groups is 2. The molecule has 0 aromatic heterocycles. The van der Waals surface area contributed by atoms with Crippen LogP contribution in [-0.2, 0) is 10.5 Å². The normalized spacial score (nSPS) is 18.6. The number of hydrogen-bond donors (Lipinski definition) is 3. The standard InChI is InChI=1S/C19H20BrClN4O3/c1-24(2)10-9-22-17(26)19(28)15-11-12(20)3-8-16(15)23-18(27)25(19)14-6-4-13(21)5-7-14/h3-8,11,28H,9-10H2,1-2H3,(H,22,26)(H,23,27)/t19-/m1/s1. The Kier molecular flexibility index (Phi) is 5.95. The quantitative estimate of drug-likeness (QED) is 0.631. The predicted molar refractivity (Wildman–Crippen MR) is 113 cm³/mol. The van der Waals surface area contributed by atoms with Crippen molar-refractivity contribution in [3.63, 3.8) is 0 Å².